The largest absolute Gasteiger partial charge is 0.586 e. The van der Waals surface area contributed by atoms with Crippen LogP contribution in [0, 0.1) is 0 Å². The number of halogens is 2. The highest BCUT2D eigenvalue weighted by Crippen LogP contribution is 2.52. The molecule has 1 atom stereocenters. The van der Waals surface area contributed by atoms with E-state index < -0.39 is 11.7 Å². The third-order valence-corrected chi connectivity index (χ3v) is 4.84. The lowest BCUT2D eigenvalue weighted by Crippen LogP contribution is -2.37. The van der Waals surface area contributed by atoms with E-state index in [0.29, 0.717) is 11.3 Å². The number of aliphatic hydroxyl groups is 1. The molecule has 25 heavy (non-hydrogen) atoms. The number of carbonyl (C=O) groups excluding carboxylic acids is 1. The molecule has 2 aromatic carbocycles. The lowest BCUT2D eigenvalue weighted by Gasteiger charge is -2.24. The molecule has 0 bridgehead atoms. The molecule has 0 spiro atoms. The Labute approximate surface area is 142 Å². The standard InChI is InChI=1S/C18H15F2NO4/c1-17(10-6-4-5-7-12(10)21(2)16(17)22)11-8-14-15(9-13(11)23-3)25-18(19,20)24-14/h4-9H,1-3H3/p+1. The Balaban J connectivity index is 1.95. The van der Waals surface area contributed by atoms with Crippen LogP contribution in [0.25, 0.3) is 0 Å². The van der Waals surface area contributed by atoms with Crippen molar-refractivity contribution in [2.75, 3.05) is 19.1 Å². The number of hydrogen-bond acceptors (Lipinski definition) is 3. The summed E-state index contributed by atoms with van der Waals surface area (Å²) in [5.41, 5.74) is 1.01. The highest BCUT2D eigenvalue weighted by molar-refractivity contribution is 6.10. The normalized spacial score (nSPS) is 22.9. The summed E-state index contributed by atoms with van der Waals surface area (Å²) < 4.78 is 40.0. The first-order valence-corrected chi connectivity index (χ1v) is 7.70. The fourth-order valence-corrected chi connectivity index (χ4v) is 3.58. The summed E-state index contributed by atoms with van der Waals surface area (Å²) in [7, 11) is 3.23. The van der Waals surface area contributed by atoms with Crippen molar-refractivity contribution >= 4 is 11.6 Å². The van der Waals surface area contributed by atoms with E-state index in [1.165, 1.54) is 19.2 Å². The number of anilines is 1. The van der Waals surface area contributed by atoms with Gasteiger partial charge in [0.1, 0.15) is 5.41 Å². The third-order valence-electron chi connectivity index (χ3n) is 4.84. The summed E-state index contributed by atoms with van der Waals surface area (Å²) in [5.74, 6) is 0.0451. The zero-order valence-electron chi connectivity index (χ0n) is 13.8. The highest BCUT2D eigenvalue weighted by atomic mass is 19.3. The molecule has 130 valence electrons. The molecular weight excluding hydrogens is 332 g/mol. The van der Waals surface area contributed by atoms with E-state index in [9.17, 15) is 13.6 Å². The molecular formula is C18H16F2NO4+. The van der Waals surface area contributed by atoms with Crippen molar-refractivity contribution in [1.29, 1.82) is 0 Å². The molecule has 0 fully saturated rings. The monoisotopic (exact) mass is 348 g/mol. The molecule has 0 saturated carbocycles. The average molecular weight is 348 g/mol. The van der Waals surface area contributed by atoms with Crippen LogP contribution in [-0.4, -0.2) is 31.1 Å². The van der Waals surface area contributed by atoms with Crippen molar-refractivity contribution in [2.45, 2.75) is 18.6 Å². The molecule has 1 N–H and O–H groups in total. The maximum atomic E-state index is 13.4. The van der Waals surface area contributed by atoms with Gasteiger partial charge in [-0.3, -0.25) is 4.79 Å². The van der Waals surface area contributed by atoms with Crippen molar-refractivity contribution in [3.8, 4) is 17.2 Å². The Morgan fingerprint density at radius 1 is 1.08 bits per heavy atom. The van der Waals surface area contributed by atoms with Crippen molar-refractivity contribution in [3.63, 3.8) is 0 Å². The van der Waals surface area contributed by atoms with E-state index in [2.05, 4.69) is 14.2 Å². The van der Waals surface area contributed by atoms with Crippen LogP contribution in [0.4, 0.5) is 14.5 Å². The van der Waals surface area contributed by atoms with Crippen LogP contribution in [0.2, 0.25) is 0 Å². The number of carbonyl (C=O) groups is 1. The smallest absolute Gasteiger partial charge is 0.584 e. The van der Waals surface area contributed by atoms with E-state index in [4.69, 9.17) is 0 Å². The van der Waals surface area contributed by atoms with Crippen LogP contribution in [0.3, 0.4) is 0 Å². The van der Waals surface area contributed by atoms with Gasteiger partial charge < -0.3 is 19.1 Å². The second kappa shape index (κ2) is 4.84. The maximum absolute atomic E-state index is 13.4. The van der Waals surface area contributed by atoms with Crippen LogP contribution >= 0.6 is 0 Å². The molecule has 2 heterocycles. The Hall–Kier alpha value is -2.83. The Kier molecular flexibility index (Phi) is 3.04. The third kappa shape index (κ3) is 2.01. The maximum Gasteiger partial charge on any atom is 0.586 e. The van der Waals surface area contributed by atoms with Gasteiger partial charge in [-0.2, -0.15) is 0 Å². The first-order valence-electron chi connectivity index (χ1n) is 7.70. The van der Waals surface area contributed by atoms with Crippen LogP contribution < -0.4 is 14.4 Å². The van der Waals surface area contributed by atoms with Gasteiger partial charge >= 0.3 is 6.29 Å². The average Bonchev–Trinajstić information content (AvgIpc) is 3.00. The van der Waals surface area contributed by atoms with Crippen molar-refractivity contribution in [2.24, 2.45) is 0 Å². The van der Waals surface area contributed by atoms with Crippen LogP contribution in [0.15, 0.2) is 36.4 Å². The van der Waals surface area contributed by atoms with E-state index in [0.717, 1.165) is 11.3 Å². The number of amides is 1. The summed E-state index contributed by atoms with van der Waals surface area (Å²) in [4.78, 5) is 14.6. The van der Waals surface area contributed by atoms with Crippen molar-refractivity contribution in [1.82, 2.24) is 0 Å². The SMILES string of the molecule is C[OH+]c1cc2c(cc1C1(C)C(=O)N(C)c3ccccc31)OC(F)(F)O2. The second-order valence-electron chi connectivity index (χ2n) is 6.21. The van der Waals surface area contributed by atoms with Gasteiger partial charge in [0.2, 0.25) is 5.91 Å². The van der Waals surface area contributed by atoms with E-state index >= 15 is 0 Å². The molecule has 1 unspecified atom stereocenters. The molecule has 1 amide bonds. The molecule has 0 aliphatic carbocycles. The minimum atomic E-state index is -3.72. The van der Waals surface area contributed by atoms with Gasteiger partial charge in [-0.1, -0.05) is 18.2 Å². The zero-order valence-corrected chi connectivity index (χ0v) is 13.8. The van der Waals surface area contributed by atoms with Crippen molar-refractivity contribution < 1.29 is 27.8 Å². The first-order chi connectivity index (χ1) is 11.8. The number of aromatic hydroxyl groups is 1. The number of para-hydroxylation sites is 1. The van der Waals surface area contributed by atoms with Gasteiger partial charge in [0.15, 0.2) is 18.6 Å². The van der Waals surface area contributed by atoms with Gasteiger partial charge in [0.25, 0.3) is 5.75 Å². The minimum absolute atomic E-state index is 0.0926. The Morgan fingerprint density at radius 2 is 1.72 bits per heavy atom. The molecule has 5 nitrogen and oxygen atoms in total. The first kappa shape index (κ1) is 15.7. The molecule has 4 rings (SSSR count). The number of alkyl halides is 2. The number of ether oxygens (including phenoxy) is 3. The number of nitrogens with zero attached hydrogens (tertiary/aromatic N) is 1. The zero-order chi connectivity index (χ0) is 18.0. The van der Waals surface area contributed by atoms with Gasteiger partial charge in [0.05, 0.1) is 11.6 Å². The number of rotatable bonds is 2. The summed E-state index contributed by atoms with van der Waals surface area (Å²) in [5, 5.41) is 0. The van der Waals surface area contributed by atoms with E-state index in [-0.39, 0.29) is 17.4 Å². The topological polar surface area (TPSA) is 51.6 Å². The molecule has 2 aliphatic rings. The summed E-state index contributed by atoms with van der Waals surface area (Å²) in [6, 6.07) is 10.2. The molecule has 2 aromatic rings. The number of fused-ring (bicyclic) bond motifs is 2. The summed E-state index contributed by atoms with van der Waals surface area (Å²) in [6.07, 6.45) is -3.72. The van der Waals surface area contributed by atoms with Crippen molar-refractivity contribution in [3.05, 3.63) is 47.5 Å². The van der Waals surface area contributed by atoms with E-state index in [1.54, 1.807) is 18.9 Å². The molecule has 0 aromatic heterocycles. The lowest BCUT2D eigenvalue weighted by atomic mass is 9.76. The summed E-state index contributed by atoms with van der Waals surface area (Å²) >= 11 is 0. The Morgan fingerprint density at radius 3 is 2.40 bits per heavy atom. The number of hydrogen-bond donors (Lipinski definition) is 0. The van der Waals surface area contributed by atoms with Crippen LogP contribution in [0.5, 0.6) is 17.2 Å². The fourth-order valence-electron chi connectivity index (χ4n) is 3.58. The van der Waals surface area contributed by atoms with E-state index in [1.807, 2.05) is 24.3 Å². The molecule has 2 aliphatic heterocycles. The molecule has 0 saturated heterocycles. The highest BCUT2D eigenvalue weighted by Gasteiger charge is 2.52. The molecule has 0 radical (unpaired) electrons. The van der Waals surface area contributed by atoms with Gasteiger partial charge in [0, 0.05) is 12.7 Å². The minimum Gasteiger partial charge on any atom is -0.584 e. The number of likely N-dealkylation sites (N-methyl/N-ethyl adjacent to an activating group) is 1. The predicted octanol–water partition coefficient (Wildman–Crippen LogP) is 3.16. The Bertz CT molecular complexity index is 899. The summed E-state index contributed by atoms with van der Waals surface area (Å²) in [6.45, 7) is 1.77. The second-order valence-corrected chi connectivity index (χ2v) is 6.21. The fraction of sp³-hybridized carbons (Fsp3) is 0.278. The van der Waals surface area contributed by atoms with Gasteiger partial charge in [-0.25, -0.2) is 0 Å². The van der Waals surface area contributed by atoms with Crippen LogP contribution in [0.1, 0.15) is 18.1 Å². The van der Waals surface area contributed by atoms with Gasteiger partial charge in [-0.05, 0) is 24.6 Å². The quantitative estimate of drug-likeness (QED) is 0.784. The predicted molar refractivity (Wildman–Crippen MR) is 86.5 cm³/mol. The number of benzene rings is 2. The van der Waals surface area contributed by atoms with Crippen LogP contribution in [-0.2, 0) is 10.2 Å². The molecule has 7 heteroatoms. The lowest BCUT2D eigenvalue weighted by molar-refractivity contribution is -0.286. The van der Waals surface area contributed by atoms with Gasteiger partial charge in [-0.15, -0.1) is 8.78 Å².